The maximum absolute atomic E-state index is 12.5. The molecule has 1 N–H and O–H groups in total. The number of ether oxygens (including phenoxy) is 1. The topological polar surface area (TPSA) is 108 Å². The first-order valence-electron chi connectivity index (χ1n) is 9.97. The zero-order valence-corrected chi connectivity index (χ0v) is 17.0. The summed E-state index contributed by atoms with van der Waals surface area (Å²) in [4.78, 5) is 31.8. The molecule has 1 aliphatic rings. The maximum Gasteiger partial charge on any atom is 0.259 e. The molecule has 5 rings (SSSR count). The number of nitrogens with zero attached hydrogens (tertiary/aromatic N) is 5. The Labute approximate surface area is 171 Å². The largest absolute Gasteiger partial charge is 0.474 e. The third-order valence-electron chi connectivity index (χ3n) is 5.74. The van der Waals surface area contributed by atoms with Gasteiger partial charge in [0.25, 0.3) is 5.56 Å². The molecule has 2 atom stereocenters. The lowest BCUT2D eigenvalue weighted by molar-refractivity contribution is -0.117. The molecule has 9 nitrogen and oxygen atoms in total. The number of pyridine rings is 2. The van der Waals surface area contributed by atoms with Crippen LogP contribution in [0.1, 0.15) is 26.2 Å². The molecular formula is C21H22N6O3. The number of carbonyl (C=O) groups excluding carboxylic acids is 1. The van der Waals surface area contributed by atoms with Crippen molar-refractivity contribution in [1.29, 1.82) is 0 Å². The fourth-order valence-electron chi connectivity index (χ4n) is 4.14. The highest BCUT2D eigenvalue weighted by Gasteiger charge is 2.29. The molecule has 1 fully saturated rings. The van der Waals surface area contributed by atoms with Gasteiger partial charge in [0, 0.05) is 45.2 Å². The van der Waals surface area contributed by atoms with Gasteiger partial charge in [-0.2, -0.15) is 10.2 Å². The Kier molecular flexibility index (Phi) is 4.19. The first-order chi connectivity index (χ1) is 14.4. The highest BCUT2D eigenvalue weighted by molar-refractivity contribution is 5.88. The van der Waals surface area contributed by atoms with E-state index in [1.165, 1.54) is 0 Å². The van der Waals surface area contributed by atoms with Gasteiger partial charge in [0.05, 0.1) is 33.2 Å². The highest BCUT2D eigenvalue weighted by Crippen LogP contribution is 2.32. The van der Waals surface area contributed by atoms with E-state index in [1.54, 1.807) is 28.7 Å². The summed E-state index contributed by atoms with van der Waals surface area (Å²) in [6.45, 7) is 1.97. The van der Waals surface area contributed by atoms with Crippen molar-refractivity contribution in [3.8, 4) is 17.3 Å². The number of nitrogens with one attached hydrogen (secondary N) is 1. The summed E-state index contributed by atoms with van der Waals surface area (Å²) in [5, 5.41) is 10.2. The van der Waals surface area contributed by atoms with Crippen molar-refractivity contribution in [3.05, 3.63) is 34.9 Å². The van der Waals surface area contributed by atoms with Gasteiger partial charge in [-0.3, -0.25) is 19.0 Å². The van der Waals surface area contributed by atoms with Gasteiger partial charge in [-0.15, -0.1) is 0 Å². The van der Waals surface area contributed by atoms with E-state index in [4.69, 9.17) is 9.72 Å². The molecule has 9 heteroatoms. The zero-order chi connectivity index (χ0) is 21.0. The van der Waals surface area contributed by atoms with Crippen LogP contribution in [0.3, 0.4) is 0 Å². The van der Waals surface area contributed by atoms with Crippen LogP contribution in [-0.2, 0) is 18.9 Å². The van der Waals surface area contributed by atoms with Crippen LogP contribution in [0.2, 0.25) is 0 Å². The van der Waals surface area contributed by atoms with E-state index in [2.05, 4.69) is 15.2 Å². The van der Waals surface area contributed by atoms with Crippen molar-refractivity contribution in [2.24, 2.45) is 20.0 Å². The van der Waals surface area contributed by atoms with E-state index in [0.29, 0.717) is 46.5 Å². The summed E-state index contributed by atoms with van der Waals surface area (Å²) >= 11 is 0. The number of Topliss-reactive ketones (excluding diaryl/α,β-unsaturated/α-hetero) is 1. The average molecular weight is 406 g/mol. The van der Waals surface area contributed by atoms with Crippen LogP contribution in [0.5, 0.6) is 5.88 Å². The maximum atomic E-state index is 12.5. The van der Waals surface area contributed by atoms with Gasteiger partial charge in [-0.25, -0.2) is 4.98 Å². The monoisotopic (exact) mass is 406 g/mol. The Balaban J connectivity index is 1.60. The second-order valence-corrected chi connectivity index (χ2v) is 8.03. The molecule has 0 saturated heterocycles. The predicted molar refractivity (Wildman–Crippen MR) is 111 cm³/mol. The molecule has 0 bridgehead atoms. The molecule has 4 heterocycles. The van der Waals surface area contributed by atoms with Crippen LogP contribution in [0.15, 0.2) is 29.3 Å². The number of rotatable bonds is 4. The summed E-state index contributed by atoms with van der Waals surface area (Å²) < 4.78 is 9.54. The highest BCUT2D eigenvalue weighted by atomic mass is 16.5. The standard InChI is InChI=1S/C21H22N6O3/c1-11(12-4-5-13(28)6-12)30-21-15-10-27(3)25-17(15)8-19(23-21)18-7-16-14(20(29)22-18)9-26(2)24-16/h7-12H,4-6H2,1-3H3,(H,22,29)/t11-,12+/m1/s1. The number of ketones is 1. The van der Waals surface area contributed by atoms with Crippen molar-refractivity contribution in [2.75, 3.05) is 0 Å². The van der Waals surface area contributed by atoms with Crippen LogP contribution >= 0.6 is 0 Å². The Bertz CT molecular complexity index is 1350. The van der Waals surface area contributed by atoms with E-state index in [0.717, 1.165) is 11.8 Å². The summed E-state index contributed by atoms with van der Waals surface area (Å²) in [6, 6.07) is 3.63. The minimum Gasteiger partial charge on any atom is -0.474 e. The number of carbonyl (C=O) groups is 1. The SMILES string of the molecule is C[C@@H](Oc1nc(-c2cc3nn(C)cc3c(=O)[nH]2)cc2nn(C)cc12)[C@H]1CCC(=O)C1. The van der Waals surface area contributed by atoms with E-state index < -0.39 is 0 Å². The van der Waals surface area contributed by atoms with Gasteiger partial charge in [0.1, 0.15) is 11.9 Å². The second-order valence-electron chi connectivity index (χ2n) is 8.03. The number of aromatic amines is 1. The fourth-order valence-corrected chi connectivity index (χ4v) is 4.14. The first kappa shape index (κ1) is 18.5. The van der Waals surface area contributed by atoms with E-state index in [-0.39, 0.29) is 23.4 Å². The average Bonchev–Trinajstić information content (AvgIpc) is 3.38. The minimum atomic E-state index is -0.223. The molecule has 0 amide bonds. The molecule has 1 aliphatic carbocycles. The van der Waals surface area contributed by atoms with Crippen molar-refractivity contribution < 1.29 is 9.53 Å². The van der Waals surface area contributed by atoms with Gasteiger partial charge >= 0.3 is 0 Å². The Morgan fingerprint density at radius 2 is 1.80 bits per heavy atom. The Morgan fingerprint density at radius 1 is 1.10 bits per heavy atom. The smallest absolute Gasteiger partial charge is 0.259 e. The number of H-pyrrole nitrogens is 1. The van der Waals surface area contributed by atoms with E-state index in [9.17, 15) is 9.59 Å². The molecular weight excluding hydrogens is 384 g/mol. The molecule has 0 spiro atoms. The van der Waals surface area contributed by atoms with Crippen molar-refractivity contribution in [2.45, 2.75) is 32.3 Å². The van der Waals surface area contributed by atoms with Crippen molar-refractivity contribution >= 4 is 27.6 Å². The van der Waals surface area contributed by atoms with Crippen molar-refractivity contribution in [1.82, 2.24) is 29.5 Å². The number of hydrogen-bond donors (Lipinski definition) is 1. The van der Waals surface area contributed by atoms with Crippen LogP contribution in [-0.4, -0.2) is 41.4 Å². The Morgan fingerprint density at radius 3 is 2.50 bits per heavy atom. The normalized spacial score (nSPS) is 17.8. The molecule has 0 radical (unpaired) electrons. The quantitative estimate of drug-likeness (QED) is 0.557. The van der Waals surface area contributed by atoms with E-state index >= 15 is 0 Å². The zero-order valence-electron chi connectivity index (χ0n) is 17.0. The van der Waals surface area contributed by atoms with Gasteiger partial charge in [0.2, 0.25) is 5.88 Å². The number of aromatic nitrogens is 6. The molecule has 0 aromatic carbocycles. The molecule has 1 saturated carbocycles. The molecule has 4 aromatic rings. The molecule has 0 aliphatic heterocycles. The van der Waals surface area contributed by atoms with Gasteiger partial charge in [-0.05, 0) is 25.5 Å². The predicted octanol–water partition coefficient (Wildman–Crippen LogP) is 2.35. The Hall–Kier alpha value is -3.49. The molecule has 0 unspecified atom stereocenters. The van der Waals surface area contributed by atoms with Crippen LogP contribution in [0.4, 0.5) is 0 Å². The van der Waals surface area contributed by atoms with Crippen LogP contribution in [0.25, 0.3) is 33.2 Å². The number of fused-ring (bicyclic) bond motifs is 2. The summed E-state index contributed by atoms with van der Waals surface area (Å²) in [7, 11) is 3.61. The lowest BCUT2D eigenvalue weighted by Gasteiger charge is -2.20. The first-order valence-corrected chi connectivity index (χ1v) is 9.97. The van der Waals surface area contributed by atoms with E-state index in [1.807, 2.05) is 26.2 Å². The van der Waals surface area contributed by atoms with Gasteiger partial charge in [-0.1, -0.05) is 0 Å². The van der Waals surface area contributed by atoms with Crippen LogP contribution in [0, 0.1) is 5.92 Å². The summed E-state index contributed by atoms with van der Waals surface area (Å²) in [5.41, 5.74) is 2.19. The third kappa shape index (κ3) is 3.16. The summed E-state index contributed by atoms with van der Waals surface area (Å²) in [6.07, 6.45) is 5.38. The summed E-state index contributed by atoms with van der Waals surface area (Å²) in [5.74, 6) is 0.911. The van der Waals surface area contributed by atoms with Gasteiger partial charge < -0.3 is 9.72 Å². The molecule has 30 heavy (non-hydrogen) atoms. The minimum absolute atomic E-state index is 0.153. The van der Waals surface area contributed by atoms with Gasteiger partial charge in [0.15, 0.2) is 0 Å². The molecule has 154 valence electrons. The lowest BCUT2D eigenvalue weighted by atomic mass is 10.0. The second kappa shape index (κ2) is 6.79. The molecule has 4 aromatic heterocycles. The number of hydrogen-bond acceptors (Lipinski definition) is 6. The van der Waals surface area contributed by atoms with Crippen LogP contribution < -0.4 is 10.3 Å². The number of aryl methyl sites for hydroxylation is 2. The fraction of sp³-hybridized carbons (Fsp3) is 0.381. The third-order valence-corrected chi connectivity index (χ3v) is 5.74. The lowest BCUT2D eigenvalue weighted by Crippen LogP contribution is -2.22. The van der Waals surface area contributed by atoms with Crippen molar-refractivity contribution in [3.63, 3.8) is 0 Å².